The lowest BCUT2D eigenvalue weighted by molar-refractivity contribution is -0.383. The number of rotatable bonds is 6. The van der Waals surface area contributed by atoms with E-state index in [0.717, 1.165) is 39.1 Å². The topological polar surface area (TPSA) is 87.4 Å². The van der Waals surface area contributed by atoms with Crippen molar-refractivity contribution >= 4 is 17.3 Å². The molecule has 8 nitrogen and oxygen atoms in total. The number of anilines is 2. The highest BCUT2D eigenvalue weighted by molar-refractivity contribution is 5.70. The minimum absolute atomic E-state index is 0.0247. The minimum atomic E-state index is -0.397. The summed E-state index contributed by atoms with van der Waals surface area (Å²) >= 11 is 0. The molecule has 0 unspecified atom stereocenters. The van der Waals surface area contributed by atoms with Gasteiger partial charge in [-0.3, -0.25) is 15.0 Å². The Bertz CT molecular complexity index is 488. The average Bonchev–Trinajstić information content (AvgIpc) is 2.48. The van der Waals surface area contributed by atoms with E-state index in [-0.39, 0.29) is 5.69 Å². The fourth-order valence-electron chi connectivity index (χ4n) is 2.57. The number of nitrogens with zero attached hydrogens (tertiary/aromatic N) is 5. The van der Waals surface area contributed by atoms with Crippen LogP contribution in [0.1, 0.15) is 20.3 Å². The summed E-state index contributed by atoms with van der Waals surface area (Å²) in [4.78, 5) is 23.5. The van der Waals surface area contributed by atoms with Crippen LogP contribution < -0.4 is 10.2 Å². The second-order valence-corrected chi connectivity index (χ2v) is 5.01. The van der Waals surface area contributed by atoms with Crippen LogP contribution in [0.3, 0.4) is 0 Å². The standard InChI is InChI=1S/C13H22N6O2/c1-3-5-17-6-8-18(9-7-17)13-11(19(20)21)12(14-4-2)15-10-16-13/h10H,3-9H2,1-2H3,(H,14,15,16). The summed E-state index contributed by atoms with van der Waals surface area (Å²) in [5, 5.41) is 14.3. The van der Waals surface area contributed by atoms with Crippen molar-refractivity contribution in [2.24, 2.45) is 0 Å². The van der Waals surface area contributed by atoms with Gasteiger partial charge in [0.05, 0.1) is 4.92 Å². The Hall–Kier alpha value is -1.96. The van der Waals surface area contributed by atoms with Crippen molar-refractivity contribution in [3.05, 3.63) is 16.4 Å². The lowest BCUT2D eigenvalue weighted by Crippen LogP contribution is -2.47. The minimum Gasteiger partial charge on any atom is -0.364 e. The third-order valence-corrected chi connectivity index (χ3v) is 3.54. The predicted molar refractivity (Wildman–Crippen MR) is 81.8 cm³/mol. The molecule has 1 fully saturated rings. The first-order chi connectivity index (χ1) is 10.2. The molecule has 1 aliphatic rings. The van der Waals surface area contributed by atoms with Crippen molar-refractivity contribution in [3.8, 4) is 0 Å². The van der Waals surface area contributed by atoms with Gasteiger partial charge in [0.15, 0.2) is 0 Å². The van der Waals surface area contributed by atoms with Crippen LogP contribution >= 0.6 is 0 Å². The van der Waals surface area contributed by atoms with Gasteiger partial charge < -0.3 is 10.2 Å². The first kappa shape index (κ1) is 15.4. The second kappa shape index (κ2) is 7.16. The molecule has 0 amide bonds. The summed E-state index contributed by atoms with van der Waals surface area (Å²) in [6, 6.07) is 0. The fourth-order valence-corrected chi connectivity index (χ4v) is 2.57. The molecule has 0 spiro atoms. The Labute approximate surface area is 124 Å². The van der Waals surface area contributed by atoms with Gasteiger partial charge in [-0.2, -0.15) is 0 Å². The number of hydrogen-bond donors (Lipinski definition) is 1. The summed E-state index contributed by atoms with van der Waals surface area (Å²) < 4.78 is 0. The predicted octanol–water partition coefficient (Wildman–Crippen LogP) is 1.35. The first-order valence-electron chi connectivity index (χ1n) is 7.37. The third kappa shape index (κ3) is 3.57. The quantitative estimate of drug-likeness (QED) is 0.626. The molecule has 0 bridgehead atoms. The molecule has 0 radical (unpaired) electrons. The van der Waals surface area contributed by atoms with E-state index in [4.69, 9.17) is 0 Å². The first-order valence-corrected chi connectivity index (χ1v) is 7.37. The zero-order valence-electron chi connectivity index (χ0n) is 12.6. The molecule has 2 rings (SSSR count). The molecule has 0 aromatic carbocycles. The van der Waals surface area contributed by atoms with E-state index >= 15 is 0 Å². The summed E-state index contributed by atoms with van der Waals surface area (Å²) in [5.74, 6) is 0.714. The average molecular weight is 294 g/mol. The van der Waals surface area contributed by atoms with Crippen molar-refractivity contribution in [3.63, 3.8) is 0 Å². The number of nitrogens with one attached hydrogen (secondary N) is 1. The molecule has 1 aliphatic heterocycles. The van der Waals surface area contributed by atoms with E-state index in [1.807, 2.05) is 11.8 Å². The molecule has 0 aliphatic carbocycles. The number of piperazine rings is 1. The Morgan fingerprint density at radius 1 is 1.29 bits per heavy atom. The van der Waals surface area contributed by atoms with Gasteiger partial charge >= 0.3 is 5.69 Å². The monoisotopic (exact) mass is 294 g/mol. The Balaban J connectivity index is 2.20. The van der Waals surface area contributed by atoms with Crippen LogP contribution in [0, 0.1) is 10.1 Å². The van der Waals surface area contributed by atoms with E-state index in [0.29, 0.717) is 18.2 Å². The van der Waals surface area contributed by atoms with E-state index in [2.05, 4.69) is 27.1 Å². The highest BCUT2D eigenvalue weighted by atomic mass is 16.6. The van der Waals surface area contributed by atoms with Gasteiger partial charge in [0.2, 0.25) is 11.6 Å². The highest BCUT2D eigenvalue weighted by Gasteiger charge is 2.28. The van der Waals surface area contributed by atoms with Gasteiger partial charge in [-0.25, -0.2) is 9.97 Å². The van der Waals surface area contributed by atoms with Crippen molar-refractivity contribution in [2.45, 2.75) is 20.3 Å². The summed E-state index contributed by atoms with van der Waals surface area (Å²) in [6.07, 6.45) is 2.51. The fraction of sp³-hybridized carbons (Fsp3) is 0.692. The van der Waals surface area contributed by atoms with Gasteiger partial charge in [-0.15, -0.1) is 0 Å². The lowest BCUT2D eigenvalue weighted by atomic mass is 10.2. The van der Waals surface area contributed by atoms with Gasteiger partial charge in [0.1, 0.15) is 6.33 Å². The Morgan fingerprint density at radius 2 is 2.00 bits per heavy atom. The molecular formula is C13H22N6O2. The molecule has 1 saturated heterocycles. The van der Waals surface area contributed by atoms with Gasteiger partial charge in [-0.05, 0) is 19.9 Å². The third-order valence-electron chi connectivity index (χ3n) is 3.54. The van der Waals surface area contributed by atoms with Crippen LogP contribution in [0.5, 0.6) is 0 Å². The molecular weight excluding hydrogens is 272 g/mol. The van der Waals surface area contributed by atoms with Crippen molar-refractivity contribution in [2.75, 3.05) is 49.5 Å². The summed E-state index contributed by atoms with van der Waals surface area (Å²) in [6.45, 7) is 9.02. The summed E-state index contributed by atoms with van der Waals surface area (Å²) in [5.41, 5.74) is -0.0247. The van der Waals surface area contributed by atoms with E-state index < -0.39 is 4.92 Å². The Morgan fingerprint density at radius 3 is 2.57 bits per heavy atom. The second-order valence-electron chi connectivity index (χ2n) is 5.01. The SMILES string of the molecule is CCCN1CCN(c2ncnc(NCC)c2[N+](=O)[O-])CC1. The van der Waals surface area contributed by atoms with E-state index in [1.165, 1.54) is 6.33 Å². The summed E-state index contributed by atoms with van der Waals surface area (Å²) in [7, 11) is 0. The van der Waals surface area contributed by atoms with Crippen LogP contribution in [0.2, 0.25) is 0 Å². The van der Waals surface area contributed by atoms with Crippen LogP contribution in [0.15, 0.2) is 6.33 Å². The zero-order chi connectivity index (χ0) is 15.2. The van der Waals surface area contributed by atoms with Crippen molar-refractivity contribution in [1.29, 1.82) is 0 Å². The van der Waals surface area contributed by atoms with Gasteiger partial charge in [-0.1, -0.05) is 6.92 Å². The molecule has 8 heteroatoms. The molecule has 1 N–H and O–H groups in total. The maximum absolute atomic E-state index is 11.4. The van der Waals surface area contributed by atoms with E-state index in [1.54, 1.807) is 0 Å². The van der Waals surface area contributed by atoms with Crippen LogP contribution in [-0.2, 0) is 0 Å². The molecule has 2 heterocycles. The molecule has 0 saturated carbocycles. The molecule has 1 aromatic rings. The lowest BCUT2D eigenvalue weighted by Gasteiger charge is -2.34. The van der Waals surface area contributed by atoms with Crippen LogP contribution in [-0.4, -0.2) is 59.1 Å². The maximum atomic E-state index is 11.4. The van der Waals surface area contributed by atoms with Crippen LogP contribution in [0.4, 0.5) is 17.3 Å². The molecule has 1 aromatic heterocycles. The number of nitro groups is 1. The van der Waals surface area contributed by atoms with Crippen molar-refractivity contribution < 1.29 is 4.92 Å². The normalized spacial score (nSPS) is 16.0. The number of aromatic nitrogens is 2. The van der Waals surface area contributed by atoms with Crippen molar-refractivity contribution in [1.82, 2.24) is 14.9 Å². The molecule has 0 atom stereocenters. The smallest absolute Gasteiger partial charge is 0.353 e. The largest absolute Gasteiger partial charge is 0.364 e. The zero-order valence-corrected chi connectivity index (χ0v) is 12.6. The maximum Gasteiger partial charge on any atom is 0.353 e. The van der Waals surface area contributed by atoms with Gasteiger partial charge in [0.25, 0.3) is 0 Å². The van der Waals surface area contributed by atoms with E-state index in [9.17, 15) is 10.1 Å². The molecule has 21 heavy (non-hydrogen) atoms. The highest BCUT2D eigenvalue weighted by Crippen LogP contribution is 2.32. The van der Waals surface area contributed by atoms with Crippen LogP contribution in [0.25, 0.3) is 0 Å². The molecule has 116 valence electrons. The number of hydrogen-bond acceptors (Lipinski definition) is 7. The van der Waals surface area contributed by atoms with Gasteiger partial charge in [0, 0.05) is 32.7 Å². The Kier molecular flexibility index (Phi) is 5.26.